The van der Waals surface area contributed by atoms with Gasteiger partial charge in [0.05, 0.1) is 5.01 Å². The fraction of sp³-hybridized carbons (Fsp3) is 0.250. The number of pyridine rings is 1. The van der Waals surface area contributed by atoms with E-state index in [1.54, 1.807) is 17.4 Å². The van der Waals surface area contributed by atoms with Gasteiger partial charge >= 0.3 is 0 Å². The molecule has 1 amide bonds. The number of nitrogens with one attached hydrogen (secondary N) is 2. The summed E-state index contributed by atoms with van der Waals surface area (Å²) in [6.45, 7) is 2.40. The zero-order valence-corrected chi connectivity index (χ0v) is 10.7. The number of aryl methyl sites for hydroxylation is 1. The zero-order valence-electron chi connectivity index (χ0n) is 9.90. The van der Waals surface area contributed by atoms with Crippen molar-refractivity contribution in [2.24, 2.45) is 0 Å². The number of hydrogen-bond donors (Lipinski definition) is 2. The molecule has 0 atom stereocenters. The van der Waals surface area contributed by atoms with Gasteiger partial charge in [-0.3, -0.25) is 9.59 Å². The molecule has 0 aliphatic rings. The molecule has 0 aliphatic heterocycles. The molecule has 0 saturated heterocycles. The molecule has 0 fully saturated rings. The minimum absolute atomic E-state index is 0.132. The predicted octanol–water partition coefficient (Wildman–Crippen LogP) is 1.11. The van der Waals surface area contributed by atoms with Gasteiger partial charge in [0.25, 0.3) is 11.5 Å². The fourth-order valence-electron chi connectivity index (χ4n) is 1.50. The highest BCUT2D eigenvalue weighted by atomic mass is 32.1. The standard InChI is InChI=1S/C12H13N3O2S/c1-8-7-18-10(15-8)4-6-14-12(17)9-3-2-5-13-11(9)16/h2-3,5,7H,4,6H2,1H3,(H,13,16)(H,14,17). The van der Waals surface area contributed by atoms with Crippen molar-refractivity contribution in [2.75, 3.05) is 6.54 Å². The van der Waals surface area contributed by atoms with Gasteiger partial charge in [0, 0.05) is 30.2 Å². The number of rotatable bonds is 4. The summed E-state index contributed by atoms with van der Waals surface area (Å²) in [6.07, 6.45) is 2.17. The molecule has 0 aliphatic carbocycles. The molecular weight excluding hydrogens is 250 g/mol. The van der Waals surface area contributed by atoms with Gasteiger partial charge in [-0.15, -0.1) is 11.3 Å². The van der Waals surface area contributed by atoms with Crippen LogP contribution in [0, 0.1) is 6.92 Å². The van der Waals surface area contributed by atoms with Gasteiger partial charge in [-0.25, -0.2) is 4.98 Å². The van der Waals surface area contributed by atoms with E-state index in [9.17, 15) is 9.59 Å². The number of nitrogens with zero attached hydrogens (tertiary/aromatic N) is 1. The molecule has 6 heteroatoms. The SMILES string of the molecule is Cc1csc(CCNC(=O)c2ccc[nH]c2=O)n1. The summed E-state index contributed by atoms with van der Waals surface area (Å²) in [6, 6.07) is 3.13. The Morgan fingerprint density at radius 1 is 1.56 bits per heavy atom. The largest absolute Gasteiger partial charge is 0.351 e. The second-order valence-corrected chi connectivity index (χ2v) is 4.74. The van der Waals surface area contributed by atoms with Crippen LogP contribution < -0.4 is 10.9 Å². The van der Waals surface area contributed by atoms with Crippen molar-refractivity contribution in [3.8, 4) is 0 Å². The summed E-state index contributed by atoms with van der Waals surface area (Å²) in [4.78, 5) is 29.8. The first-order valence-electron chi connectivity index (χ1n) is 5.54. The van der Waals surface area contributed by atoms with E-state index >= 15 is 0 Å². The maximum absolute atomic E-state index is 11.7. The molecule has 0 spiro atoms. The smallest absolute Gasteiger partial charge is 0.260 e. The van der Waals surface area contributed by atoms with Gasteiger partial charge in [-0.1, -0.05) is 0 Å². The van der Waals surface area contributed by atoms with Crippen LogP contribution in [0.5, 0.6) is 0 Å². The summed E-state index contributed by atoms with van der Waals surface area (Å²) in [5, 5.41) is 5.66. The number of H-pyrrole nitrogens is 1. The van der Waals surface area contributed by atoms with Crippen molar-refractivity contribution in [3.63, 3.8) is 0 Å². The van der Waals surface area contributed by atoms with E-state index in [4.69, 9.17) is 0 Å². The van der Waals surface area contributed by atoms with Crippen LogP contribution in [-0.2, 0) is 6.42 Å². The number of carbonyl (C=O) groups excluding carboxylic acids is 1. The van der Waals surface area contributed by atoms with E-state index in [2.05, 4.69) is 15.3 Å². The average Bonchev–Trinajstić information content (AvgIpc) is 2.75. The molecule has 0 saturated carbocycles. The van der Waals surface area contributed by atoms with Gasteiger partial charge in [0.2, 0.25) is 0 Å². The summed E-state index contributed by atoms with van der Waals surface area (Å²) in [5.41, 5.74) is 0.744. The maximum atomic E-state index is 11.7. The second-order valence-electron chi connectivity index (χ2n) is 3.80. The Balaban J connectivity index is 1.89. The monoisotopic (exact) mass is 263 g/mol. The highest BCUT2D eigenvalue weighted by Crippen LogP contribution is 2.08. The summed E-state index contributed by atoms with van der Waals surface area (Å²) >= 11 is 1.57. The van der Waals surface area contributed by atoms with Gasteiger partial charge in [-0.05, 0) is 19.1 Å². The summed E-state index contributed by atoms with van der Waals surface area (Å²) in [5.74, 6) is -0.356. The Labute approximate surface area is 108 Å². The van der Waals surface area contributed by atoms with Crippen LogP contribution in [0.25, 0.3) is 0 Å². The highest BCUT2D eigenvalue weighted by molar-refractivity contribution is 7.09. The van der Waals surface area contributed by atoms with Crippen LogP contribution in [0.4, 0.5) is 0 Å². The molecule has 5 nitrogen and oxygen atoms in total. The minimum atomic E-state index is -0.375. The van der Waals surface area contributed by atoms with Crippen molar-refractivity contribution in [1.82, 2.24) is 15.3 Å². The Morgan fingerprint density at radius 2 is 2.39 bits per heavy atom. The van der Waals surface area contributed by atoms with E-state index in [0.29, 0.717) is 13.0 Å². The number of aromatic nitrogens is 2. The Hall–Kier alpha value is -1.95. The number of thiazole rings is 1. The van der Waals surface area contributed by atoms with Gasteiger partial charge in [0.1, 0.15) is 5.56 Å². The number of aromatic amines is 1. The third-order valence-electron chi connectivity index (χ3n) is 2.35. The lowest BCUT2D eigenvalue weighted by molar-refractivity contribution is 0.0952. The first-order valence-corrected chi connectivity index (χ1v) is 6.41. The van der Waals surface area contributed by atoms with Crippen molar-refractivity contribution < 1.29 is 4.79 Å². The molecule has 94 valence electrons. The lowest BCUT2D eigenvalue weighted by Crippen LogP contribution is -2.30. The summed E-state index contributed by atoms with van der Waals surface area (Å²) < 4.78 is 0. The normalized spacial score (nSPS) is 10.3. The quantitative estimate of drug-likeness (QED) is 0.867. The van der Waals surface area contributed by atoms with Crippen LogP contribution in [0.1, 0.15) is 21.1 Å². The third-order valence-corrected chi connectivity index (χ3v) is 3.38. The predicted molar refractivity (Wildman–Crippen MR) is 70.0 cm³/mol. The lowest BCUT2D eigenvalue weighted by atomic mass is 10.2. The highest BCUT2D eigenvalue weighted by Gasteiger charge is 2.08. The number of carbonyl (C=O) groups is 1. The Morgan fingerprint density at radius 3 is 3.06 bits per heavy atom. The van der Waals surface area contributed by atoms with Crippen LogP contribution in [0.15, 0.2) is 28.5 Å². The second kappa shape index (κ2) is 5.59. The molecule has 2 N–H and O–H groups in total. The van der Waals surface area contributed by atoms with E-state index in [-0.39, 0.29) is 17.0 Å². The molecule has 0 radical (unpaired) electrons. The van der Waals surface area contributed by atoms with E-state index in [1.165, 1.54) is 12.3 Å². The van der Waals surface area contributed by atoms with Crippen molar-refractivity contribution >= 4 is 17.2 Å². The van der Waals surface area contributed by atoms with E-state index < -0.39 is 0 Å². The van der Waals surface area contributed by atoms with Crippen molar-refractivity contribution in [2.45, 2.75) is 13.3 Å². The topological polar surface area (TPSA) is 74.8 Å². The zero-order chi connectivity index (χ0) is 13.0. The third kappa shape index (κ3) is 3.04. The first kappa shape index (κ1) is 12.5. The molecular formula is C12H13N3O2S. The molecule has 0 unspecified atom stereocenters. The van der Waals surface area contributed by atoms with Crippen LogP contribution >= 0.6 is 11.3 Å². The Bertz CT molecular complexity index is 603. The first-order chi connectivity index (χ1) is 8.66. The average molecular weight is 263 g/mol. The number of hydrogen-bond acceptors (Lipinski definition) is 4. The van der Waals surface area contributed by atoms with Crippen LogP contribution in [0.2, 0.25) is 0 Å². The molecule has 2 aromatic heterocycles. The molecule has 2 rings (SSSR count). The Kier molecular flexibility index (Phi) is 3.88. The van der Waals surface area contributed by atoms with Crippen LogP contribution in [-0.4, -0.2) is 22.4 Å². The van der Waals surface area contributed by atoms with Gasteiger partial charge in [-0.2, -0.15) is 0 Å². The summed E-state index contributed by atoms with van der Waals surface area (Å²) in [7, 11) is 0. The molecule has 2 aromatic rings. The molecule has 18 heavy (non-hydrogen) atoms. The van der Waals surface area contributed by atoms with Crippen molar-refractivity contribution in [3.05, 3.63) is 50.3 Å². The van der Waals surface area contributed by atoms with Gasteiger partial charge < -0.3 is 10.3 Å². The molecule has 0 aromatic carbocycles. The lowest BCUT2D eigenvalue weighted by Gasteiger charge is -2.02. The molecule has 2 heterocycles. The van der Waals surface area contributed by atoms with E-state index in [0.717, 1.165) is 10.7 Å². The fourth-order valence-corrected chi connectivity index (χ4v) is 2.27. The molecule has 0 bridgehead atoms. The maximum Gasteiger partial charge on any atom is 0.260 e. The van der Waals surface area contributed by atoms with E-state index in [1.807, 2.05) is 12.3 Å². The minimum Gasteiger partial charge on any atom is -0.351 e. The van der Waals surface area contributed by atoms with Crippen LogP contribution in [0.3, 0.4) is 0 Å². The van der Waals surface area contributed by atoms with Crippen molar-refractivity contribution in [1.29, 1.82) is 0 Å². The number of amides is 1. The van der Waals surface area contributed by atoms with Gasteiger partial charge in [0.15, 0.2) is 0 Å².